The molecule has 0 saturated heterocycles. The van der Waals surface area contributed by atoms with Gasteiger partial charge in [0.05, 0.1) is 12.8 Å². The number of carbonyl (C=O) groups excluding carboxylic acids is 1. The molecule has 1 amide bonds. The predicted molar refractivity (Wildman–Crippen MR) is 73.1 cm³/mol. The first kappa shape index (κ1) is 13.1. The molecule has 0 aliphatic rings. The van der Waals surface area contributed by atoms with Gasteiger partial charge in [-0.05, 0) is 25.5 Å². The minimum Gasteiger partial charge on any atom is -0.494 e. The van der Waals surface area contributed by atoms with Crippen LogP contribution < -0.4 is 10.1 Å². The Hall–Kier alpha value is -2.30. The highest BCUT2D eigenvalue weighted by atomic mass is 16.5. The highest BCUT2D eigenvalue weighted by Crippen LogP contribution is 2.10. The van der Waals surface area contributed by atoms with E-state index in [1.165, 1.54) is 0 Å². The normalized spacial score (nSPS) is 10.2. The standard InChI is InChI=1S/C14H17N3O2/c1-11-10-15-17-14(11)16-13(18)8-5-9-19-12-6-3-2-4-7-12/h2-4,6-7,10H,5,8-9H2,1H3,(H2,15,16,17,18). The second-order valence-corrected chi connectivity index (χ2v) is 4.24. The van der Waals surface area contributed by atoms with Crippen molar-refractivity contribution in [3.63, 3.8) is 0 Å². The maximum absolute atomic E-state index is 11.7. The Kier molecular flexibility index (Phi) is 4.55. The minimum atomic E-state index is -0.0380. The van der Waals surface area contributed by atoms with Gasteiger partial charge in [-0.25, -0.2) is 0 Å². The molecule has 0 radical (unpaired) electrons. The van der Waals surface area contributed by atoms with Gasteiger partial charge < -0.3 is 10.1 Å². The number of nitrogens with zero attached hydrogens (tertiary/aromatic N) is 1. The van der Waals surface area contributed by atoms with Gasteiger partial charge >= 0.3 is 0 Å². The van der Waals surface area contributed by atoms with Crippen LogP contribution in [0, 0.1) is 6.92 Å². The Balaban J connectivity index is 1.66. The molecule has 0 fully saturated rings. The van der Waals surface area contributed by atoms with Crippen LogP contribution in [0.2, 0.25) is 0 Å². The Morgan fingerprint density at radius 3 is 2.84 bits per heavy atom. The van der Waals surface area contributed by atoms with Crippen LogP contribution in [0.1, 0.15) is 18.4 Å². The van der Waals surface area contributed by atoms with Crippen LogP contribution in [0.5, 0.6) is 5.75 Å². The van der Waals surface area contributed by atoms with Gasteiger partial charge in [-0.2, -0.15) is 5.10 Å². The van der Waals surface area contributed by atoms with Crippen molar-refractivity contribution in [1.29, 1.82) is 0 Å². The zero-order valence-corrected chi connectivity index (χ0v) is 10.8. The SMILES string of the molecule is Cc1cn[nH]c1NC(=O)CCCOc1ccccc1. The molecule has 0 spiro atoms. The molecule has 0 aliphatic carbocycles. The summed E-state index contributed by atoms with van der Waals surface area (Å²) in [6.07, 6.45) is 2.77. The molecule has 2 rings (SSSR count). The Morgan fingerprint density at radius 1 is 1.37 bits per heavy atom. The number of hydrogen-bond donors (Lipinski definition) is 2. The van der Waals surface area contributed by atoms with Crippen LogP contribution in [0.25, 0.3) is 0 Å². The van der Waals surface area contributed by atoms with E-state index >= 15 is 0 Å². The molecule has 100 valence electrons. The minimum absolute atomic E-state index is 0.0380. The van der Waals surface area contributed by atoms with E-state index in [1.807, 2.05) is 37.3 Å². The Labute approximate surface area is 112 Å². The Bertz CT molecular complexity index is 522. The summed E-state index contributed by atoms with van der Waals surface area (Å²) in [4.78, 5) is 11.7. The summed E-state index contributed by atoms with van der Waals surface area (Å²) in [6, 6.07) is 9.57. The molecule has 5 heteroatoms. The van der Waals surface area contributed by atoms with Gasteiger partial charge in [0.15, 0.2) is 0 Å². The number of para-hydroxylation sites is 1. The smallest absolute Gasteiger partial charge is 0.225 e. The number of aromatic nitrogens is 2. The van der Waals surface area contributed by atoms with Crippen molar-refractivity contribution < 1.29 is 9.53 Å². The largest absolute Gasteiger partial charge is 0.494 e. The van der Waals surface area contributed by atoms with E-state index in [0.717, 1.165) is 11.3 Å². The van der Waals surface area contributed by atoms with Crippen molar-refractivity contribution in [3.05, 3.63) is 42.1 Å². The summed E-state index contributed by atoms with van der Waals surface area (Å²) in [7, 11) is 0. The van der Waals surface area contributed by atoms with Crippen LogP contribution in [0.4, 0.5) is 5.82 Å². The predicted octanol–water partition coefficient (Wildman–Crippen LogP) is 2.52. The first-order valence-corrected chi connectivity index (χ1v) is 6.23. The fourth-order valence-electron chi connectivity index (χ4n) is 1.61. The third kappa shape index (κ3) is 4.13. The molecule has 1 aromatic heterocycles. The van der Waals surface area contributed by atoms with Crippen LogP contribution in [0.3, 0.4) is 0 Å². The third-order valence-electron chi connectivity index (χ3n) is 2.65. The zero-order valence-electron chi connectivity index (χ0n) is 10.8. The summed E-state index contributed by atoms with van der Waals surface area (Å²) in [6.45, 7) is 2.41. The lowest BCUT2D eigenvalue weighted by molar-refractivity contribution is -0.116. The lowest BCUT2D eigenvalue weighted by Gasteiger charge is -2.06. The van der Waals surface area contributed by atoms with Gasteiger partial charge in [0, 0.05) is 12.0 Å². The average molecular weight is 259 g/mol. The summed E-state index contributed by atoms with van der Waals surface area (Å²) in [5.74, 6) is 1.45. The molecular weight excluding hydrogens is 242 g/mol. The van der Waals surface area contributed by atoms with E-state index in [-0.39, 0.29) is 5.91 Å². The van der Waals surface area contributed by atoms with Crippen molar-refractivity contribution in [3.8, 4) is 5.75 Å². The number of carbonyl (C=O) groups is 1. The highest BCUT2D eigenvalue weighted by Gasteiger charge is 2.05. The van der Waals surface area contributed by atoms with Gasteiger partial charge in [0.25, 0.3) is 0 Å². The van der Waals surface area contributed by atoms with Crippen LogP contribution >= 0.6 is 0 Å². The molecule has 5 nitrogen and oxygen atoms in total. The first-order valence-electron chi connectivity index (χ1n) is 6.23. The van der Waals surface area contributed by atoms with Gasteiger partial charge in [0.1, 0.15) is 11.6 Å². The van der Waals surface area contributed by atoms with E-state index < -0.39 is 0 Å². The molecule has 0 atom stereocenters. The van der Waals surface area contributed by atoms with Crippen molar-refractivity contribution in [2.45, 2.75) is 19.8 Å². The number of aromatic amines is 1. The van der Waals surface area contributed by atoms with Crippen molar-refractivity contribution in [2.75, 3.05) is 11.9 Å². The quantitative estimate of drug-likeness (QED) is 0.783. The number of anilines is 1. The van der Waals surface area contributed by atoms with Gasteiger partial charge in [-0.1, -0.05) is 18.2 Å². The molecule has 19 heavy (non-hydrogen) atoms. The van der Waals surface area contributed by atoms with Crippen LogP contribution in [-0.2, 0) is 4.79 Å². The zero-order chi connectivity index (χ0) is 13.5. The number of benzene rings is 1. The summed E-state index contributed by atoms with van der Waals surface area (Å²) in [5, 5.41) is 9.36. The van der Waals surface area contributed by atoms with Crippen molar-refractivity contribution in [1.82, 2.24) is 10.2 Å². The number of rotatable bonds is 6. The lowest BCUT2D eigenvalue weighted by Crippen LogP contribution is -2.13. The van der Waals surface area contributed by atoms with Crippen LogP contribution in [0.15, 0.2) is 36.5 Å². The first-order chi connectivity index (χ1) is 9.25. The molecule has 0 bridgehead atoms. The lowest BCUT2D eigenvalue weighted by atomic mass is 10.3. The van der Waals surface area contributed by atoms with E-state index in [1.54, 1.807) is 6.20 Å². The summed E-state index contributed by atoms with van der Waals surface area (Å²) < 4.78 is 5.52. The second kappa shape index (κ2) is 6.58. The molecule has 1 heterocycles. The molecule has 0 saturated carbocycles. The van der Waals surface area contributed by atoms with E-state index in [2.05, 4.69) is 15.5 Å². The fraction of sp³-hybridized carbons (Fsp3) is 0.286. The van der Waals surface area contributed by atoms with Gasteiger partial charge in [-0.3, -0.25) is 9.89 Å². The molecule has 1 aromatic carbocycles. The van der Waals surface area contributed by atoms with Gasteiger partial charge in [0.2, 0.25) is 5.91 Å². The van der Waals surface area contributed by atoms with E-state index in [0.29, 0.717) is 25.3 Å². The number of ether oxygens (including phenoxy) is 1. The molecule has 2 aromatic rings. The number of aryl methyl sites for hydroxylation is 1. The maximum atomic E-state index is 11.7. The molecular formula is C14H17N3O2. The highest BCUT2D eigenvalue weighted by molar-refractivity contribution is 5.90. The molecule has 2 N–H and O–H groups in total. The second-order valence-electron chi connectivity index (χ2n) is 4.24. The van der Waals surface area contributed by atoms with E-state index in [4.69, 9.17) is 4.74 Å². The number of amides is 1. The van der Waals surface area contributed by atoms with Crippen molar-refractivity contribution >= 4 is 11.7 Å². The van der Waals surface area contributed by atoms with Crippen molar-refractivity contribution in [2.24, 2.45) is 0 Å². The third-order valence-corrected chi connectivity index (χ3v) is 2.65. The topological polar surface area (TPSA) is 67.0 Å². The van der Waals surface area contributed by atoms with E-state index in [9.17, 15) is 4.79 Å². The van der Waals surface area contributed by atoms with Gasteiger partial charge in [-0.15, -0.1) is 0 Å². The summed E-state index contributed by atoms with van der Waals surface area (Å²) >= 11 is 0. The Morgan fingerprint density at radius 2 is 2.16 bits per heavy atom. The fourth-order valence-corrected chi connectivity index (χ4v) is 1.61. The average Bonchev–Trinajstić information content (AvgIpc) is 2.82. The van der Waals surface area contributed by atoms with Crippen LogP contribution in [-0.4, -0.2) is 22.7 Å². The number of H-pyrrole nitrogens is 1. The number of nitrogens with one attached hydrogen (secondary N) is 2. The number of hydrogen-bond acceptors (Lipinski definition) is 3. The maximum Gasteiger partial charge on any atom is 0.225 e. The molecule has 0 aliphatic heterocycles. The molecule has 0 unspecified atom stereocenters. The summed E-state index contributed by atoms with van der Waals surface area (Å²) in [5.41, 5.74) is 0.925. The monoisotopic (exact) mass is 259 g/mol.